The molecule has 2 aliphatic heterocycles. The second-order valence-electron chi connectivity index (χ2n) is 4.84. The molecule has 4 heteroatoms. The number of benzene rings is 1. The van der Waals surface area contributed by atoms with Gasteiger partial charge in [0, 0.05) is 18.7 Å². The van der Waals surface area contributed by atoms with Crippen LogP contribution in [0.2, 0.25) is 0 Å². The van der Waals surface area contributed by atoms with Crippen LogP contribution in [0.25, 0.3) is 0 Å². The second-order valence-corrected chi connectivity index (χ2v) is 4.84. The number of carbonyl (C=O) groups excluding carboxylic acids is 1. The molecule has 0 spiro atoms. The molecule has 0 aliphatic carbocycles. The Morgan fingerprint density at radius 2 is 2.28 bits per heavy atom. The van der Waals surface area contributed by atoms with Crippen molar-refractivity contribution in [3.8, 4) is 0 Å². The van der Waals surface area contributed by atoms with Crippen LogP contribution in [0.15, 0.2) is 12.1 Å². The standard InChI is InChI=1S/C14H16FNO2/c1-2-18-14(17)12-8-10-7-11(15)6-9-4-3-5-16(12)13(9)10/h6-7,12H,2-5,8H2,1H3. The summed E-state index contributed by atoms with van der Waals surface area (Å²) in [5.74, 6) is -0.392. The van der Waals surface area contributed by atoms with Gasteiger partial charge in [0.25, 0.3) is 0 Å². The van der Waals surface area contributed by atoms with Crippen LogP contribution in [-0.4, -0.2) is 25.2 Å². The van der Waals surface area contributed by atoms with Crippen molar-refractivity contribution in [1.82, 2.24) is 0 Å². The number of carbonyl (C=O) groups is 1. The van der Waals surface area contributed by atoms with Gasteiger partial charge in [-0.1, -0.05) is 0 Å². The molecule has 0 N–H and O–H groups in total. The summed E-state index contributed by atoms with van der Waals surface area (Å²) in [4.78, 5) is 14.0. The number of anilines is 1. The van der Waals surface area contributed by atoms with E-state index in [-0.39, 0.29) is 17.8 Å². The number of ether oxygens (including phenoxy) is 1. The predicted molar refractivity (Wildman–Crippen MR) is 66.2 cm³/mol. The van der Waals surface area contributed by atoms with Crippen LogP contribution in [0.4, 0.5) is 10.1 Å². The molecule has 1 atom stereocenters. The highest BCUT2D eigenvalue weighted by molar-refractivity contribution is 5.85. The Morgan fingerprint density at radius 1 is 1.50 bits per heavy atom. The Balaban J connectivity index is 1.99. The molecule has 0 amide bonds. The lowest BCUT2D eigenvalue weighted by Gasteiger charge is -2.31. The molecule has 3 rings (SSSR count). The SMILES string of the molecule is CCOC(=O)C1Cc2cc(F)cc3c2N1CCC3. The molecule has 18 heavy (non-hydrogen) atoms. The van der Waals surface area contributed by atoms with Gasteiger partial charge in [0.2, 0.25) is 0 Å². The van der Waals surface area contributed by atoms with Crippen molar-refractivity contribution in [1.29, 1.82) is 0 Å². The van der Waals surface area contributed by atoms with Gasteiger partial charge in [0.15, 0.2) is 0 Å². The van der Waals surface area contributed by atoms with E-state index >= 15 is 0 Å². The largest absolute Gasteiger partial charge is 0.464 e. The molecule has 1 aromatic rings. The van der Waals surface area contributed by atoms with E-state index < -0.39 is 0 Å². The van der Waals surface area contributed by atoms with Crippen LogP contribution in [0.5, 0.6) is 0 Å². The minimum Gasteiger partial charge on any atom is -0.464 e. The molecule has 0 saturated carbocycles. The lowest BCUT2D eigenvalue weighted by Crippen LogP contribution is -2.42. The fourth-order valence-electron chi connectivity index (χ4n) is 3.06. The molecule has 2 heterocycles. The maximum Gasteiger partial charge on any atom is 0.329 e. The molecule has 0 bridgehead atoms. The number of esters is 1. The third kappa shape index (κ3) is 1.67. The average Bonchev–Trinajstić information content (AvgIpc) is 2.70. The molecular weight excluding hydrogens is 233 g/mol. The van der Waals surface area contributed by atoms with Gasteiger partial charge in [-0.25, -0.2) is 9.18 Å². The maximum atomic E-state index is 13.5. The zero-order valence-electron chi connectivity index (χ0n) is 10.4. The van der Waals surface area contributed by atoms with Crippen LogP contribution in [0.1, 0.15) is 24.5 Å². The fourth-order valence-corrected chi connectivity index (χ4v) is 3.06. The van der Waals surface area contributed by atoms with Crippen LogP contribution < -0.4 is 4.90 Å². The van der Waals surface area contributed by atoms with Gasteiger partial charge in [-0.15, -0.1) is 0 Å². The summed E-state index contributed by atoms with van der Waals surface area (Å²) >= 11 is 0. The first-order chi connectivity index (χ1) is 8.70. The maximum absolute atomic E-state index is 13.5. The molecule has 0 radical (unpaired) electrons. The number of halogens is 1. The monoisotopic (exact) mass is 249 g/mol. The van der Waals surface area contributed by atoms with E-state index in [0.717, 1.165) is 36.2 Å². The molecule has 0 saturated heterocycles. The van der Waals surface area contributed by atoms with Crippen molar-refractivity contribution in [2.45, 2.75) is 32.2 Å². The summed E-state index contributed by atoms with van der Waals surface area (Å²) < 4.78 is 18.6. The fraction of sp³-hybridized carbons (Fsp3) is 0.500. The number of rotatable bonds is 2. The van der Waals surface area contributed by atoms with Gasteiger partial charge in [0.1, 0.15) is 11.9 Å². The Labute approximate surface area is 106 Å². The molecule has 2 aliphatic rings. The van der Waals surface area contributed by atoms with Gasteiger partial charge in [0.05, 0.1) is 6.61 Å². The Morgan fingerprint density at radius 3 is 3.06 bits per heavy atom. The third-order valence-electron chi connectivity index (χ3n) is 3.71. The van der Waals surface area contributed by atoms with Gasteiger partial charge >= 0.3 is 5.97 Å². The molecule has 0 aromatic heterocycles. The zero-order chi connectivity index (χ0) is 12.7. The van der Waals surface area contributed by atoms with Gasteiger partial charge in [-0.05, 0) is 43.0 Å². The quantitative estimate of drug-likeness (QED) is 0.751. The van der Waals surface area contributed by atoms with Crippen LogP contribution in [-0.2, 0) is 22.4 Å². The Hall–Kier alpha value is -1.58. The molecule has 3 nitrogen and oxygen atoms in total. The number of hydrogen-bond acceptors (Lipinski definition) is 3. The first kappa shape index (κ1) is 11.5. The van der Waals surface area contributed by atoms with Gasteiger partial charge < -0.3 is 9.64 Å². The summed E-state index contributed by atoms with van der Waals surface area (Å²) in [5, 5.41) is 0. The van der Waals surface area contributed by atoms with E-state index in [0.29, 0.717) is 13.0 Å². The molecule has 0 fully saturated rings. The number of aryl methyl sites for hydroxylation is 1. The van der Waals surface area contributed by atoms with Crippen molar-refractivity contribution in [2.24, 2.45) is 0 Å². The zero-order valence-corrected chi connectivity index (χ0v) is 10.4. The van der Waals surface area contributed by atoms with Crippen LogP contribution >= 0.6 is 0 Å². The van der Waals surface area contributed by atoms with E-state index in [4.69, 9.17) is 4.74 Å². The van der Waals surface area contributed by atoms with E-state index in [1.165, 1.54) is 0 Å². The minimum atomic E-state index is -0.263. The minimum absolute atomic E-state index is 0.193. The summed E-state index contributed by atoms with van der Waals surface area (Å²) in [5.41, 5.74) is 3.05. The Bertz CT molecular complexity index is 501. The highest BCUT2D eigenvalue weighted by Gasteiger charge is 2.38. The lowest BCUT2D eigenvalue weighted by atomic mass is 10.00. The van der Waals surface area contributed by atoms with Gasteiger partial charge in [-0.2, -0.15) is 0 Å². The number of hydrogen-bond donors (Lipinski definition) is 0. The summed E-state index contributed by atoms with van der Waals surface area (Å²) in [6.07, 6.45) is 2.43. The number of nitrogens with zero attached hydrogens (tertiary/aromatic N) is 1. The van der Waals surface area contributed by atoms with E-state index in [1.807, 2.05) is 0 Å². The topological polar surface area (TPSA) is 29.5 Å². The highest BCUT2D eigenvalue weighted by Crippen LogP contribution is 2.39. The third-order valence-corrected chi connectivity index (χ3v) is 3.71. The predicted octanol–water partition coefficient (Wildman–Crippen LogP) is 2.07. The van der Waals surface area contributed by atoms with E-state index in [2.05, 4.69) is 4.90 Å². The average molecular weight is 249 g/mol. The first-order valence-electron chi connectivity index (χ1n) is 6.45. The molecule has 96 valence electrons. The van der Waals surface area contributed by atoms with E-state index in [9.17, 15) is 9.18 Å². The Kier molecular flexibility index (Phi) is 2.73. The molecule has 1 aromatic carbocycles. The smallest absolute Gasteiger partial charge is 0.329 e. The van der Waals surface area contributed by atoms with Crippen molar-refractivity contribution in [2.75, 3.05) is 18.1 Å². The summed E-state index contributed by atoms with van der Waals surface area (Å²) in [6.45, 7) is 3.05. The molecule has 1 unspecified atom stereocenters. The normalized spacial score (nSPS) is 20.8. The van der Waals surface area contributed by atoms with Crippen molar-refractivity contribution in [3.05, 3.63) is 29.1 Å². The first-order valence-corrected chi connectivity index (χ1v) is 6.45. The summed E-state index contributed by atoms with van der Waals surface area (Å²) in [6, 6.07) is 2.88. The summed E-state index contributed by atoms with van der Waals surface area (Å²) in [7, 11) is 0. The van der Waals surface area contributed by atoms with Crippen molar-refractivity contribution >= 4 is 11.7 Å². The van der Waals surface area contributed by atoms with Crippen LogP contribution in [0, 0.1) is 5.82 Å². The highest BCUT2D eigenvalue weighted by atomic mass is 19.1. The van der Waals surface area contributed by atoms with Crippen molar-refractivity contribution in [3.63, 3.8) is 0 Å². The second kappa shape index (κ2) is 4.26. The van der Waals surface area contributed by atoms with Crippen molar-refractivity contribution < 1.29 is 13.9 Å². The lowest BCUT2D eigenvalue weighted by molar-refractivity contribution is -0.144. The van der Waals surface area contributed by atoms with Crippen LogP contribution in [0.3, 0.4) is 0 Å². The molecular formula is C14H16FNO2. The van der Waals surface area contributed by atoms with Gasteiger partial charge in [-0.3, -0.25) is 0 Å². The van der Waals surface area contributed by atoms with E-state index in [1.54, 1.807) is 19.1 Å².